The Morgan fingerprint density at radius 1 is 1.32 bits per heavy atom. The van der Waals surface area contributed by atoms with Crippen LogP contribution < -0.4 is 9.47 Å². The lowest BCUT2D eigenvalue weighted by atomic mass is 10.2. The molecule has 0 N–H and O–H groups in total. The SMILES string of the molecule is CCOc1cc(C=O)cc(Br)c1OCc1c(F)cccc1Cl. The molecule has 0 amide bonds. The number of aldehydes is 1. The molecule has 2 aromatic carbocycles. The third-order valence-corrected chi connectivity index (χ3v) is 3.83. The molecule has 0 unspecified atom stereocenters. The van der Waals surface area contributed by atoms with E-state index in [1.807, 2.05) is 6.92 Å². The second-order valence-corrected chi connectivity index (χ2v) is 5.63. The minimum atomic E-state index is -0.439. The molecule has 0 fully saturated rings. The van der Waals surface area contributed by atoms with Crippen LogP contribution in [0, 0.1) is 5.82 Å². The Bertz CT molecular complexity index is 671. The van der Waals surface area contributed by atoms with Gasteiger partial charge in [0.05, 0.1) is 16.1 Å². The van der Waals surface area contributed by atoms with Crippen LogP contribution in [0.25, 0.3) is 0 Å². The van der Waals surface area contributed by atoms with Crippen molar-refractivity contribution >= 4 is 33.8 Å². The molecule has 0 spiro atoms. The number of carbonyl (C=O) groups is 1. The Morgan fingerprint density at radius 3 is 2.73 bits per heavy atom. The smallest absolute Gasteiger partial charge is 0.175 e. The highest BCUT2D eigenvalue weighted by Gasteiger charge is 2.14. The Hall–Kier alpha value is -1.59. The second kappa shape index (κ2) is 7.61. The lowest BCUT2D eigenvalue weighted by Crippen LogP contribution is -2.03. The number of rotatable bonds is 6. The van der Waals surface area contributed by atoms with Crippen LogP contribution in [0.15, 0.2) is 34.8 Å². The molecule has 0 bridgehead atoms. The maximum atomic E-state index is 13.8. The zero-order chi connectivity index (χ0) is 16.1. The maximum Gasteiger partial charge on any atom is 0.175 e. The first-order chi connectivity index (χ1) is 10.6. The Balaban J connectivity index is 2.31. The van der Waals surface area contributed by atoms with E-state index in [2.05, 4.69) is 15.9 Å². The Kier molecular flexibility index (Phi) is 5.80. The summed E-state index contributed by atoms with van der Waals surface area (Å²) < 4.78 is 25.4. The van der Waals surface area contributed by atoms with Crippen LogP contribution in [-0.4, -0.2) is 12.9 Å². The third-order valence-electron chi connectivity index (χ3n) is 2.89. The van der Waals surface area contributed by atoms with Crippen molar-refractivity contribution in [3.63, 3.8) is 0 Å². The summed E-state index contributed by atoms with van der Waals surface area (Å²) in [5.74, 6) is 0.365. The first-order valence-corrected chi connectivity index (χ1v) is 7.71. The van der Waals surface area contributed by atoms with Crippen LogP contribution in [0.2, 0.25) is 5.02 Å². The van der Waals surface area contributed by atoms with Gasteiger partial charge < -0.3 is 9.47 Å². The molecule has 116 valence electrons. The number of carbonyl (C=O) groups excluding carboxylic acids is 1. The fourth-order valence-electron chi connectivity index (χ4n) is 1.87. The minimum Gasteiger partial charge on any atom is -0.490 e. The van der Waals surface area contributed by atoms with Gasteiger partial charge in [-0.1, -0.05) is 17.7 Å². The van der Waals surface area contributed by atoms with Crippen LogP contribution in [0.1, 0.15) is 22.8 Å². The van der Waals surface area contributed by atoms with Crippen molar-refractivity contribution in [2.75, 3.05) is 6.61 Å². The molecule has 2 rings (SSSR count). The highest BCUT2D eigenvalue weighted by Crippen LogP contribution is 2.37. The quantitative estimate of drug-likeness (QED) is 0.652. The van der Waals surface area contributed by atoms with Crippen molar-refractivity contribution in [1.82, 2.24) is 0 Å². The zero-order valence-corrected chi connectivity index (χ0v) is 14.1. The van der Waals surface area contributed by atoms with Crippen molar-refractivity contribution in [1.29, 1.82) is 0 Å². The number of benzene rings is 2. The summed E-state index contributed by atoms with van der Waals surface area (Å²) in [7, 11) is 0. The summed E-state index contributed by atoms with van der Waals surface area (Å²) in [5.41, 5.74) is 0.713. The van der Waals surface area contributed by atoms with Crippen LogP contribution in [0.3, 0.4) is 0 Å². The lowest BCUT2D eigenvalue weighted by Gasteiger charge is -2.15. The standard InChI is InChI=1S/C16H13BrClFO3/c1-2-21-15-7-10(8-20)6-12(17)16(15)22-9-11-13(18)4-3-5-14(11)19/h3-8H,2,9H2,1H3. The van der Waals surface area contributed by atoms with Gasteiger partial charge in [-0.2, -0.15) is 0 Å². The van der Waals surface area contributed by atoms with E-state index in [0.717, 1.165) is 0 Å². The van der Waals surface area contributed by atoms with Gasteiger partial charge in [-0.25, -0.2) is 4.39 Å². The van der Waals surface area contributed by atoms with Gasteiger partial charge in [0, 0.05) is 11.1 Å². The molecule has 3 nitrogen and oxygen atoms in total. The molecule has 0 radical (unpaired) electrons. The van der Waals surface area contributed by atoms with Crippen LogP contribution in [-0.2, 0) is 6.61 Å². The molecular formula is C16H13BrClFO3. The summed E-state index contributed by atoms with van der Waals surface area (Å²) in [6.45, 7) is 2.18. The fourth-order valence-corrected chi connectivity index (χ4v) is 2.67. The van der Waals surface area contributed by atoms with Crippen LogP contribution in [0.5, 0.6) is 11.5 Å². The van der Waals surface area contributed by atoms with E-state index in [1.165, 1.54) is 12.1 Å². The third kappa shape index (κ3) is 3.78. The first kappa shape index (κ1) is 16.8. The van der Waals surface area contributed by atoms with Gasteiger partial charge in [-0.05, 0) is 47.1 Å². The molecule has 0 aliphatic rings. The average Bonchev–Trinajstić information content (AvgIpc) is 2.48. The maximum absolute atomic E-state index is 13.8. The number of ether oxygens (including phenoxy) is 2. The van der Waals surface area contributed by atoms with Gasteiger partial charge in [-0.15, -0.1) is 0 Å². The van der Waals surface area contributed by atoms with E-state index in [1.54, 1.807) is 18.2 Å². The summed E-state index contributed by atoms with van der Waals surface area (Å²) in [6, 6.07) is 7.62. The molecule has 22 heavy (non-hydrogen) atoms. The van der Waals surface area contributed by atoms with Gasteiger partial charge in [0.2, 0.25) is 0 Å². The normalized spacial score (nSPS) is 10.4. The summed E-state index contributed by atoms with van der Waals surface area (Å²) in [5, 5.41) is 0.290. The van der Waals surface area contributed by atoms with E-state index in [0.29, 0.717) is 39.5 Å². The molecular weight excluding hydrogens is 375 g/mol. The number of halogens is 3. The summed E-state index contributed by atoms with van der Waals surface area (Å²) in [6.07, 6.45) is 0.713. The second-order valence-electron chi connectivity index (χ2n) is 4.37. The predicted molar refractivity (Wildman–Crippen MR) is 86.4 cm³/mol. The molecule has 2 aromatic rings. The highest BCUT2D eigenvalue weighted by molar-refractivity contribution is 9.10. The number of hydrogen-bond acceptors (Lipinski definition) is 3. The first-order valence-electron chi connectivity index (χ1n) is 6.54. The average molecular weight is 388 g/mol. The Morgan fingerprint density at radius 2 is 2.09 bits per heavy atom. The monoisotopic (exact) mass is 386 g/mol. The molecule has 6 heteroatoms. The summed E-state index contributed by atoms with van der Waals surface area (Å²) in [4.78, 5) is 10.9. The highest BCUT2D eigenvalue weighted by atomic mass is 79.9. The largest absolute Gasteiger partial charge is 0.490 e. The molecule has 0 saturated heterocycles. The van der Waals surface area contributed by atoms with E-state index >= 15 is 0 Å². The fraction of sp³-hybridized carbons (Fsp3) is 0.188. The van der Waals surface area contributed by atoms with Crippen molar-refractivity contribution < 1.29 is 18.7 Å². The molecule has 0 aromatic heterocycles. The van der Waals surface area contributed by atoms with Crippen molar-refractivity contribution in [2.24, 2.45) is 0 Å². The van der Waals surface area contributed by atoms with E-state index in [4.69, 9.17) is 21.1 Å². The van der Waals surface area contributed by atoms with E-state index < -0.39 is 5.82 Å². The molecule has 0 aliphatic heterocycles. The number of hydrogen-bond donors (Lipinski definition) is 0. The van der Waals surface area contributed by atoms with Gasteiger partial charge in [0.15, 0.2) is 11.5 Å². The molecule has 0 saturated carbocycles. The zero-order valence-electron chi connectivity index (χ0n) is 11.7. The van der Waals surface area contributed by atoms with Gasteiger partial charge in [0.25, 0.3) is 0 Å². The minimum absolute atomic E-state index is 0.0510. The van der Waals surface area contributed by atoms with Gasteiger partial charge in [0.1, 0.15) is 18.7 Å². The molecule has 0 aliphatic carbocycles. The predicted octanol–water partition coefficient (Wildman–Crippen LogP) is 5.03. The van der Waals surface area contributed by atoms with E-state index in [9.17, 15) is 9.18 Å². The molecule has 0 atom stereocenters. The van der Waals surface area contributed by atoms with Gasteiger partial charge >= 0.3 is 0 Å². The lowest BCUT2D eigenvalue weighted by molar-refractivity contribution is 0.112. The summed E-state index contributed by atoms with van der Waals surface area (Å²) >= 11 is 9.30. The van der Waals surface area contributed by atoms with Crippen molar-refractivity contribution in [2.45, 2.75) is 13.5 Å². The van der Waals surface area contributed by atoms with E-state index in [-0.39, 0.29) is 12.2 Å². The van der Waals surface area contributed by atoms with Crippen LogP contribution in [0.4, 0.5) is 4.39 Å². The Labute approximate surface area is 141 Å². The molecule has 0 heterocycles. The topological polar surface area (TPSA) is 35.5 Å². The van der Waals surface area contributed by atoms with Crippen molar-refractivity contribution in [3.05, 3.63) is 56.8 Å². The van der Waals surface area contributed by atoms with Gasteiger partial charge in [-0.3, -0.25) is 4.79 Å². The van der Waals surface area contributed by atoms with Crippen molar-refractivity contribution in [3.8, 4) is 11.5 Å². The van der Waals surface area contributed by atoms with Crippen LogP contribution >= 0.6 is 27.5 Å².